The highest BCUT2D eigenvalue weighted by Crippen LogP contribution is 2.16. The van der Waals surface area contributed by atoms with Crippen LogP contribution < -0.4 is 0 Å². The summed E-state index contributed by atoms with van der Waals surface area (Å²) in [5, 5.41) is 0.689. The summed E-state index contributed by atoms with van der Waals surface area (Å²) in [4.78, 5) is 51.0. The molecule has 1 rings (SSSR count). The normalized spacial score (nSPS) is 12.1. The quantitative estimate of drug-likeness (QED) is 0.260. The number of benzene rings is 1. The third-order valence-electron chi connectivity index (χ3n) is 3.69. The van der Waals surface area contributed by atoms with Crippen LogP contribution in [0.4, 0.5) is 4.39 Å². The lowest BCUT2D eigenvalue weighted by atomic mass is 9.96. The van der Waals surface area contributed by atoms with Gasteiger partial charge in [0.25, 0.3) is 16.0 Å². The van der Waals surface area contributed by atoms with Gasteiger partial charge in [-0.25, -0.2) is 4.79 Å². The van der Waals surface area contributed by atoms with Crippen LogP contribution in [0.1, 0.15) is 40.0 Å². The van der Waals surface area contributed by atoms with Crippen LogP contribution >= 0.6 is 0 Å². The van der Waals surface area contributed by atoms with Crippen LogP contribution in [-0.4, -0.2) is 61.5 Å². The number of hydroxylamine groups is 2. The zero-order valence-electron chi connectivity index (χ0n) is 15.0. The van der Waals surface area contributed by atoms with E-state index >= 15 is 0 Å². The molecular weight excluding hydrogens is 397 g/mol. The van der Waals surface area contributed by atoms with Crippen molar-refractivity contribution in [3.63, 3.8) is 0 Å². The first-order valence-electron chi connectivity index (χ1n) is 8.17. The molecule has 0 aromatic heterocycles. The van der Waals surface area contributed by atoms with Crippen molar-refractivity contribution in [3.05, 3.63) is 35.4 Å². The molecule has 1 atom stereocenters. The number of rotatable bonds is 10. The first-order chi connectivity index (χ1) is 13.1. The van der Waals surface area contributed by atoms with Gasteiger partial charge in [0.15, 0.2) is 5.78 Å². The fraction of sp³-hybridized carbons (Fsp3) is 0.412. The van der Waals surface area contributed by atoms with Gasteiger partial charge in [0.05, 0.1) is 18.0 Å². The number of carbonyl (C=O) groups excluding carboxylic acids is 4. The van der Waals surface area contributed by atoms with Crippen LogP contribution in [0.2, 0.25) is 0 Å². The summed E-state index contributed by atoms with van der Waals surface area (Å²) in [6.45, 7) is -0.944. The second kappa shape index (κ2) is 10.6. The van der Waals surface area contributed by atoms with Crippen LogP contribution in [0.25, 0.3) is 0 Å². The van der Waals surface area contributed by atoms with E-state index in [1.54, 1.807) is 0 Å². The molecule has 154 valence electrons. The molecular formula is C17H20FNO8S. The van der Waals surface area contributed by atoms with Gasteiger partial charge in [-0.3, -0.25) is 18.5 Å². The Labute approximate surface area is 161 Å². The molecule has 28 heavy (non-hydrogen) atoms. The first-order valence-corrected chi connectivity index (χ1v) is 9.77. The number of alkyl halides is 1. The van der Waals surface area contributed by atoms with Gasteiger partial charge in [0.1, 0.15) is 6.29 Å². The Bertz CT molecular complexity index is 822. The number of hydrogen-bond acceptors (Lipinski definition) is 7. The molecule has 0 heterocycles. The van der Waals surface area contributed by atoms with Crippen LogP contribution in [0, 0.1) is 5.92 Å². The number of Topliss-reactive ketones (excluding diaryl/α,β-unsaturated/α-hetero) is 1. The lowest BCUT2D eigenvalue weighted by Crippen LogP contribution is -2.29. The average Bonchev–Trinajstić information content (AvgIpc) is 2.64. The predicted octanol–water partition coefficient (Wildman–Crippen LogP) is 1.24. The summed E-state index contributed by atoms with van der Waals surface area (Å²) >= 11 is 0. The van der Waals surface area contributed by atoms with E-state index in [1.807, 2.05) is 0 Å². The zero-order valence-corrected chi connectivity index (χ0v) is 15.9. The summed E-state index contributed by atoms with van der Waals surface area (Å²) < 4.78 is 43.5. The first kappa shape index (κ1) is 23.4. The molecule has 1 aromatic carbocycles. The minimum Gasteiger partial charge on any atom is -0.333 e. The minimum absolute atomic E-state index is 0.00316. The van der Waals surface area contributed by atoms with Crippen molar-refractivity contribution < 1.29 is 41.4 Å². The van der Waals surface area contributed by atoms with E-state index in [9.17, 15) is 32.0 Å². The number of carbonyl (C=O) groups is 4. The molecule has 0 aliphatic heterocycles. The Kier molecular flexibility index (Phi) is 8.86. The van der Waals surface area contributed by atoms with Crippen LogP contribution in [-0.2, 0) is 24.5 Å². The second-order valence-corrected chi connectivity index (χ2v) is 7.34. The Morgan fingerprint density at radius 1 is 1.21 bits per heavy atom. The predicted molar refractivity (Wildman–Crippen MR) is 94.8 cm³/mol. The Hall–Kier alpha value is -2.66. The van der Waals surface area contributed by atoms with Crippen LogP contribution in [0.15, 0.2) is 24.3 Å². The second-order valence-electron chi connectivity index (χ2n) is 5.84. The number of hydrogen-bond donors (Lipinski definition) is 1. The van der Waals surface area contributed by atoms with Crippen LogP contribution in [0.5, 0.6) is 0 Å². The number of ketones is 1. The number of halogens is 1. The fourth-order valence-electron chi connectivity index (χ4n) is 2.25. The van der Waals surface area contributed by atoms with E-state index in [0.717, 1.165) is 0 Å². The number of aldehydes is 1. The van der Waals surface area contributed by atoms with Gasteiger partial charge >= 0.3 is 5.97 Å². The Morgan fingerprint density at radius 3 is 2.29 bits per heavy atom. The summed E-state index contributed by atoms with van der Waals surface area (Å²) in [5.74, 6) is -4.34. The maximum Gasteiger partial charge on any atom is 0.363 e. The van der Waals surface area contributed by atoms with Crippen molar-refractivity contribution in [2.24, 2.45) is 5.92 Å². The molecule has 0 aliphatic rings. The van der Waals surface area contributed by atoms with E-state index in [1.165, 1.54) is 31.3 Å². The smallest absolute Gasteiger partial charge is 0.333 e. The van der Waals surface area contributed by atoms with Crippen LogP contribution in [0.3, 0.4) is 0 Å². The molecule has 1 N–H and O–H groups in total. The highest BCUT2D eigenvalue weighted by atomic mass is 32.2. The monoisotopic (exact) mass is 417 g/mol. The van der Waals surface area contributed by atoms with Crippen molar-refractivity contribution in [1.29, 1.82) is 0 Å². The van der Waals surface area contributed by atoms with Gasteiger partial charge in [-0.1, -0.05) is 12.1 Å². The molecule has 9 nitrogen and oxygen atoms in total. The van der Waals surface area contributed by atoms with E-state index in [2.05, 4.69) is 0 Å². The Morgan fingerprint density at radius 2 is 1.79 bits per heavy atom. The summed E-state index contributed by atoms with van der Waals surface area (Å²) in [6, 6.07) is 4.89. The van der Waals surface area contributed by atoms with Gasteiger partial charge in [-0.05, 0) is 18.6 Å². The van der Waals surface area contributed by atoms with Gasteiger partial charge in [-0.15, -0.1) is 0 Å². The molecule has 1 amide bonds. The van der Waals surface area contributed by atoms with Crippen molar-refractivity contribution in [3.8, 4) is 0 Å². The molecule has 0 saturated heterocycles. The van der Waals surface area contributed by atoms with E-state index in [4.69, 9.17) is 9.39 Å². The Balaban J connectivity index is 2.83. The van der Waals surface area contributed by atoms with Gasteiger partial charge in [-0.2, -0.15) is 13.5 Å². The largest absolute Gasteiger partial charge is 0.363 e. The van der Waals surface area contributed by atoms with Crippen molar-refractivity contribution in [2.75, 3.05) is 19.5 Å². The van der Waals surface area contributed by atoms with E-state index in [-0.39, 0.29) is 30.4 Å². The third-order valence-corrected chi connectivity index (χ3v) is 4.52. The molecule has 0 spiro atoms. The molecule has 0 fully saturated rings. The lowest BCUT2D eigenvalue weighted by Gasteiger charge is -2.16. The van der Waals surface area contributed by atoms with E-state index in [0.29, 0.717) is 11.3 Å². The van der Waals surface area contributed by atoms with Crippen molar-refractivity contribution >= 4 is 34.1 Å². The number of amides is 1. The third kappa shape index (κ3) is 7.53. The molecule has 0 bridgehead atoms. The van der Waals surface area contributed by atoms with Crippen molar-refractivity contribution in [2.45, 2.75) is 19.3 Å². The fourth-order valence-corrected chi connectivity index (χ4v) is 3.08. The summed E-state index contributed by atoms with van der Waals surface area (Å²) in [6.07, 6.45) is 0.0448. The number of nitrogens with zero attached hydrogens (tertiary/aromatic N) is 1. The highest BCUT2D eigenvalue weighted by Gasteiger charge is 2.25. The summed E-state index contributed by atoms with van der Waals surface area (Å²) in [7, 11) is -3.26. The molecule has 0 saturated carbocycles. The SMILES string of the molecule is CN(OC(=O)c1ccc(C(=O)C(CCF)CS(=O)(=O)O)cc1)C(=O)CCC=O. The highest BCUT2D eigenvalue weighted by molar-refractivity contribution is 7.85. The molecule has 0 radical (unpaired) electrons. The minimum atomic E-state index is -4.47. The topological polar surface area (TPSA) is 135 Å². The average molecular weight is 417 g/mol. The summed E-state index contributed by atoms with van der Waals surface area (Å²) in [5.41, 5.74) is 0.0254. The zero-order chi connectivity index (χ0) is 21.3. The maximum atomic E-state index is 12.6. The van der Waals surface area contributed by atoms with Gasteiger partial charge in [0.2, 0.25) is 0 Å². The van der Waals surface area contributed by atoms with E-state index < -0.39 is 46.1 Å². The molecule has 11 heteroatoms. The molecule has 1 aromatic rings. The van der Waals surface area contributed by atoms with Gasteiger partial charge in [0, 0.05) is 31.4 Å². The molecule has 0 aliphatic carbocycles. The molecule has 1 unspecified atom stereocenters. The van der Waals surface area contributed by atoms with Gasteiger partial charge < -0.3 is 9.63 Å². The lowest BCUT2D eigenvalue weighted by molar-refractivity contribution is -0.161. The van der Waals surface area contributed by atoms with Crippen molar-refractivity contribution in [1.82, 2.24) is 5.06 Å². The maximum absolute atomic E-state index is 12.6. The standard InChI is InChI=1S/C17H20FNO8S/c1-19(15(21)3-2-10-20)27-17(23)13-6-4-12(5-7-13)16(22)14(8-9-18)11-28(24,25)26/h4-7,10,14H,2-3,8-9,11H2,1H3,(H,24,25,26).